The summed E-state index contributed by atoms with van der Waals surface area (Å²) in [6.45, 7) is 10.3. The summed E-state index contributed by atoms with van der Waals surface area (Å²) in [4.78, 5) is 25.9. The quantitative estimate of drug-likeness (QED) is 0.224. The van der Waals surface area contributed by atoms with Crippen LogP contribution in [0.4, 0.5) is 0 Å². The van der Waals surface area contributed by atoms with E-state index < -0.39 is 5.60 Å². The van der Waals surface area contributed by atoms with E-state index in [0.29, 0.717) is 5.92 Å². The van der Waals surface area contributed by atoms with Crippen molar-refractivity contribution in [2.75, 3.05) is 0 Å². The van der Waals surface area contributed by atoms with E-state index >= 15 is 0 Å². The van der Waals surface area contributed by atoms with Gasteiger partial charge in [-0.2, -0.15) is 0 Å². The molecule has 0 spiro atoms. The van der Waals surface area contributed by atoms with Crippen LogP contribution in [0.1, 0.15) is 131 Å². The summed E-state index contributed by atoms with van der Waals surface area (Å²) < 4.78 is 5.68. The molecule has 0 aromatic rings. The van der Waals surface area contributed by atoms with E-state index in [1.807, 2.05) is 20.8 Å². The number of fused-ring (bicyclic) bond motifs is 1. The Kier molecular flexibility index (Phi) is 10.4. The molecule has 180 valence electrons. The molecule has 2 bridgehead atoms. The molecule has 1 unspecified atom stereocenters. The van der Waals surface area contributed by atoms with E-state index in [-0.39, 0.29) is 29.3 Å². The number of hydrogen-bond donors (Lipinski definition) is 1. The molecule has 1 N–H and O–H groups in total. The van der Waals surface area contributed by atoms with Gasteiger partial charge in [0.25, 0.3) is 0 Å². The van der Waals surface area contributed by atoms with Crippen molar-refractivity contribution in [2.24, 2.45) is 17.3 Å². The molecule has 0 aliphatic heterocycles. The molecule has 0 aromatic heterocycles. The minimum atomic E-state index is -0.445. The maximum absolute atomic E-state index is 13.2. The molecule has 2 atom stereocenters. The van der Waals surface area contributed by atoms with Gasteiger partial charge in [-0.1, -0.05) is 78.1 Å². The predicted octanol–water partition coefficient (Wildman–Crippen LogP) is 6.95. The second-order valence-electron chi connectivity index (χ2n) is 11.4. The van der Waals surface area contributed by atoms with Crippen LogP contribution >= 0.6 is 0 Å². The Labute approximate surface area is 191 Å². The van der Waals surface area contributed by atoms with Gasteiger partial charge in [0.05, 0.1) is 5.41 Å². The largest absolute Gasteiger partial charge is 0.460 e. The molecule has 31 heavy (non-hydrogen) atoms. The minimum Gasteiger partial charge on any atom is -0.460 e. The fourth-order valence-corrected chi connectivity index (χ4v) is 5.48. The van der Waals surface area contributed by atoms with Crippen molar-refractivity contribution < 1.29 is 14.3 Å². The second-order valence-corrected chi connectivity index (χ2v) is 11.4. The third-order valence-electron chi connectivity index (χ3n) is 7.33. The summed E-state index contributed by atoms with van der Waals surface area (Å²) in [7, 11) is 0. The molecule has 4 heteroatoms. The number of esters is 1. The van der Waals surface area contributed by atoms with Gasteiger partial charge in [-0.25, -0.2) is 0 Å². The summed E-state index contributed by atoms with van der Waals surface area (Å²) >= 11 is 0. The van der Waals surface area contributed by atoms with Gasteiger partial charge in [0, 0.05) is 12.0 Å². The standard InChI is InChI=1S/C27H49NO3/c1-6-8-10-12-13-15-17-21(16-14-11-9-7-2)24(29)28-23-20-27(18-22(23)19-27)25(30)31-26(3,4)5/h21-23H,6-20H2,1-5H3,(H,28,29)/t21?,22?,23-,27?/m0/s1. The lowest BCUT2D eigenvalue weighted by Gasteiger charge is -2.38. The average Bonchev–Trinajstić information content (AvgIpc) is 3.20. The highest BCUT2D eigenvalue weighted by Crippen LogP contribution is 2.59. The lowest BCUT2D eigenvalue weighted by molar-refractivity contribution is -0.172. The van der Waals surface area contributed by atoms with Gasteiger partial charge in [-0.3, -0.25) is 9.59 Å². The van der Waals surface area contributed by atoms with E-state index in [2.05, 4.69) is 19.2 Å². The van der Waals surface area contributed by atoms with Crippen molar-refractivity contribution in [3.05, 3.63) is 0 Å². The summed E-state index contributed by atoms with van der Waals surface area (Å²) in [5.74, 6) is 0.766. The zero-order chi connectivity index (χ0) is 22.9. The van der Waals surface area contributed by atoms with Gasteiger partial charge in [0.15, 0.2) is 0 Å². The highest BCUT2D eigenvalue weighted by Gasteiger charge is 2.62. The van der Waals surface area contributed by atoms with E-state index in [1.165, 1.54) is 51.4 Å². The molecular formula is C27H49NO3. The van der Waals surface area contributed by atoms with Gasteiger partial charge in [0.2, 0.25) is 5.91 Å². The lowest BCUT2D eigenvalue weighted by atomic mass is 9.69. The monoisotopic (exact) mass is 435 g/mol. The zero-order valence-corrected chi connectivity index (χ0v) is 21.1. The van der Waals surface area contributed by atoms with Crippen molar-refractivity contribution in [3.63, 3.8) is 0 Å². The Hall–Kier alpha value is -1.06. The van der Waals surface area contributed by atoms with E-state index in [1.54, 1.807) is 0 Å². The van der Waals surface area contributed by atoms with Crippen LogP contribution in [0.3, 0.4) is 0 Å². The molecule has 0 aromatic carbocycles. The molecule has 3 aliphatic rings. The average molecular weight is 436 g/mol. The van der Waals surface area contributed by atoms with Crippen LogP contribution in [0, 0.1) is 17.3 Å². The number of amides is 1. The van der Waals surface area contributed by atoms with Gasteiger partial charge in [0.1, 0.15) is 5.60 Å². The number of nitrogens with one attached hydrogen (secondary N) is 1. The van der Waals surface area contributed by atoms with Gasteiger partial charge in [-0.15, -0.1) is 0 Å². The Balaban J connectivity index is 1.82. The smallest absolute Gasteiger partial charge is 0.312 e. The summed E-state index contributed by atoms with van der Waals surface area (Å²) in [6.07, 6.45) is 17.0. The van der Waals surface area contributed by atoms with Crippen molar-refractivity contribution in [2.45, 2.75) is 143 Å². The third-order valence-corrected chi connectivity index (χ3v) is 7.33. The fraction of sp³-hybridized carbons (Fsp3) is 0.926. The highest BCUT2D eigenvalue weighted by molar-refractivity contribution is 5.82. The fourth-order valence-electron chi connectivity index (χ4n) is 5.48. The van der Waals surface area contributed by atoms with Crippen molar-refractivity contribution >= 4 is 11.9 Å². The maximum Gasteiger partial charge on any atom is 0.312 e. The number of rotatable bonds is 15. The third kappa shape index (κ3) is 8.09. The Morgan fingerprint density at radius 2 is 1.39 bits per heavy atom. The number of hydrogen-bond acceptors (Lipinski definition) is 3. The lowest BCUT2D eigenvalue weighted by Crippen LogP contribution is -2.42. The van der Waals surface area contributed by atoms with Crippen LogP contribution in [0.15, 0.2) is 0 Å². The van der Waals surface area contributed by atoms with Crippen molar-refractivity contribution in [1.82, 2.24) is 5.32 Å². The van der Waals surface area contributed by atoms with Gasteiger partial charge < -0.3 is 10.1 Å². The minimum absolute atomic E-state index is 0.0591. The Morgan fingerprint density at radius 1 is 0.871 bits per heavy atom. The summed E-state index contributed by atoms with van der Waals surface area (Å²) in [5, 5.41) is 3.37. The van der Waals surface area contributed by atoms with E-state index in [9.17, 15) is 9.59 Å². The Morgan fingerprint density at radius 3 is 1.94 bits per heavy atom. The van der Waals surface area contributed by atoms with Crippen LogP contribution < -0.4 is 5.32 Å². The summed E-state index contributed by atoms with van der Waals surface area (Å²) in [5.41, 5.74) is -0.787. The molecule has 3 saturated carbocycles. The first kappa shape index (κ1) is 26.2. The van der Waals surface area contributed by atoms with Crippen LogP contribution in [-0.2, 0) is 14.3 Å². The molecular weight excluding hydrogens is 386 g/mol. The number of ether oxygens (including phenoxy) is 1. The normalized spacial score (nSPS) is 25.7. The zero-order valence-electron chi connectivity index (χ0n) is 21.1. The van der Waals surface area contributed by atoms with Crippen LogP contribution in [0.2, 0.25) is 0 Å². The van der Waals surface area contributed by atoms with E-state index in [4.69, 9.17) is 4.74 Å². The molecule has 3 rings (SSSR count). The molecule has 1 amide bonds. The molecule has 3 fully saturated rings. The first-order valence-electron chi connectivity index (χ1n) is 13.2. The number of carbonyl (C=O) groups is 2. The highest BCUT2D eigenvalue weighted by atomic mass is 16.6. The van der Waals surface area contributed by atoms with Crippen molar-refractivity contribution in [1.29, 1.82) is 0 Å². The number of unbranched alkanes of at least 4 members (excludes halogenated alkanes) is 8. The van der Waals surface area contributed by atoms with Crippen LogP contribution in [0.25, 0.3) is 0 Å². The predicted molar refractivity (Wildman–Crippen MR) is 128 cm³/mol. The first-order chi connectivity index (χ1) is 14.7. The van der Waals surface area contributed by atoms with Gasteiger partial charge >= 0.3 is 5.97 Å². The number of carbonyl (C=O) groups excluding carboxylic acids is 2. The second kappa shape index (κ2) is 12.3. The van der Waals surface area contributed by atoms with Crippen LogP contribution in [0.5, 0.6) is 0 Å². The Bertz CT molecular complexity index is 559. The molecule has 0 saturated heterocycles. The first-order valence-corrected chi connectivity index (χ1v) is 13.2. The van der Waals surface area contributed by atoms with Gasteiger partial charge in [-0.05, 0) is 58.8 Å². The van der Waals surface area contributed by atoms with E-state index in [0.717, 1.165) is 44.9 Å². The molecule has 4 nitrogen and oxygen atoms in total. The topological polar surface area (TPSA) is 55.4 Å². The summed E-state index contributed by atoms with van der Waals surface area (Å²) in [6, 6.07) is 0.155. The van der Waals surface area contributed by atoms with Crippen molar-refractivity contribution in [3.8, 4) is 0 Å². The molecule has 3 aliphatic carbocycles. The molecule has 0 heterocycles. The maximum atomic E-state index is 13.2. The van der Waals surface area contributed by atoms with Crippen LogP contribution in [-0.4, -0.2) is 23.5 Å². The SMILES string of the molecule is CCCCCCCCC(CCCCCC)C(=O)N[C@H]1CC2(C(=O)OC(C)(C)C)CC1C2. The molecule has 0 radical (unpaired) electrons.